The van der Waals surface area contributed by atoms with E-state index in [-0.39, 0.29) is 5.41 Å². The Hall–Kier alpha value is -1.08. The molecule has 1 heteroatoms. The minimum absolute atomic E-state index is 0.135. The maximum atomic E-state index is 3.72. The highest BCUT2D eigenvalue weighted by atomic mass is 79.9. The van der Waals surface area contributed by atoms with E-state index < -0.39 is 0 Å². The van der Waals surface area contributed by atoms with Crippen LogP contribution in [0.1, 0.15) is 31.4 Å². The lowest BCUT2D eigenvalue weighted by atomic mass is 9.77. The molecule has 0 saturated heterocycles. The smallest absolute Gasteiger partial charge is 0.0197 e. The van der Waals surface area contributed by atoms with Crippen molar-refractivity contribution < 1.29 is 0 Å². The van der Waals surface area contributed by atoms with E-state index >= 15 is 0 Å². The van der Waals surface area contributed by atoms with E-state index in [2.05, 4.69) is 78.3 Å². The molecule has 2 aromatic carbocycles. The van der Waals surface area contributed by atoms with Crippen LogP contribution in [0.5, 0.6) is 0 Å². The van der Waals surface area contributed by atoms with E-state index in [9.17, 15) is 0 Å². The number of hydrogen-bond donors (Lipinski definition) is 0. The van der Waals surface area contributed by atoms with Crippen LogP contribution in [-0.4, -0.2) is 4.83 Å². The number of benzene rings is 2. The lowest BCUT2D eigenvalue weighted by Crippen LogP contribution is -2.23. The largest absolute Gasteiger partial charge is 0.0893 e. The average molecular weight is 301 g/mol. The summed E-state index contributed by atoms with van der Waals surface area (Å²) in [5.41, 5.74) is 5.89. The summed E-state index contributed by atoms with van der Waals surface area (Å²) >= 11 is 3.72. The van der Waals surface area contributed by atoms with Gasteiger partial charge in [0.2, 0.25) is 0 Å². The summed E-state index contributed by atoms with van der Waals surface area (Å²) in [6.45, 7) is 4.60. The van der Waals surface area contributed by atoms with Gasteiger partial charge in [0.05, 0.1) is 0 Å². The first-order valence-corrected chi connectivity index (χ1v) is 7.38. The fourth-order valence-corrected chi connectivity index (χ4v) is 3.97. The van der Waals surface area contributed by atoms with Gasteiger partial charge in [0.25, 0.3) is 0 Å². The molecule has 0 unspecified atom stereocenters. The van der Waals surface area contributed by atoms with Crippen LogP contribution in [-0.2, 0) is 5.41 Å². The molecule has 0 saturated carbocycles. The first-order valence-electron chi connectivity index (χ1n) is 6.46. The monoisotopic (exact) mass is 300 g/mol. The quantitative estimate of drug-likeness (QED) is 0.673. The second-order valence-corrected chi connectivity index (χ2v) is 6.97. The van der Waals surface area contributed by atoms with Crippen molar-refractivity contribution in [2.24, 2.45) is 0 Å². The van der Waals surface area contributed by atoms with Crippen molar-refractivity contribution in [2.45, 2.75) is 30.5 Å². The van der Waals surface area contributed by atoms with Crippen LogP contribution >= 0.6 is 15.9 Å². The maximum Gasteiger partial charge on any atom is 0.0197 e. The molecule has 3 rings (SSSR count). The Morgan fingerprint density at radius 1 is 0.944 bits per heavy atom. The van der Waals surface area contributed by atoms with E-state index in [0.29, 0.717) is 4.83 Å². The third-order valence-corrected chi connectivity index (χ3v) is 4.35. The predicted molar refractivity (Wildman–Crippen MR) is 81.3 cm³/mol. The van der Waals surface area contributed by atoms with Crippen LogP contribution in [0.2, 0.25) is 0 Å². The second-order valence-electron chi connectivity index (χ2n) is 5.41. The number of rotatable bonds is 2. The van der Waals surface area contributed by atoms with E-state index in [1.807, 2.05) is 0 Å². The van der Waals surface area contributed by atoms with Crippen LogP contribution in [0.4, 0.5) is 0 Å². The highest BCUT2D eigenvalue weighted by molar-refractivity contribution is 9.09. The van der Waals surface area contributed by atoms with Gasteiger partial charge in [0, 0.05) is 10.2 Å². The third kappa shape index (κ3) is 1.65. The molecule has 1 aliphatic rings. The molecular weight excluding hydrogens is 284 g/mol. The lowest BCUT2D eigenvalue weighted by Gasteiger charge is -2.28. The van der Waals surface area contributed by atoms with Gasteiger partial charge in [-0.05, 0) is 28.7 Å². The Balaban J connectivity index is 2.27. The molecular formula is C17H17Br. The first kappa shape index (κ1) is 12.0. The van der Waals surface area contributed by atoms with Gasteiger partial charge in [-0.3, -0.25) is 0 Å². The van der Waals surface area contributed by atoms with Gasteiger partial charge < -0.3 is 0 Å². The average Bonchev–Trinajstić information content (AvgIpc) is 2.61. The summed E-state index contributed by atoms with van der Waals surface area (Å²) in [6.07, 6.45) is 1.13. The Morgan fingerprint density at radius 2 is 1.39 bits per heavy atom. The minimum atomic E-state index is 0.135. The summed E-state index contributed by atoms with van der Waals surface area (Å²) in [5, 5.41) is 0. The Kier molecular flexibility index (Phi) is 2.82. The molecule has 0 N–H and O–H groups in total. The summed E-state index contributed by atoms with van der Waals surface area (Å²) in [7, 11) is 0. The zero-order chi connectivity index (χ0) is 12.8. The van der Waals surface area contributed by atoms with Crippen LogP contribution in [0, 0.1) is 0 Å². The van der Waals surface area contributed by atoms with Crippen LogP contribution in [0.3, 0.4) is 0 Å². The van der Waals surface area contributed by atoms with Gasteiger partial charge in [-0.2, -0.15) is 0 Å². The molecule has 0 nitrogen and oxygen atoms in total. The van der Waals surface area contributed by atoms with Gasteiger partial charge in [0.15, 0.2) is 0 Å². The summed E-state index contributed by atoms with van der Waals surface area (Å²) in [5.74, 6) is 0. The van der Waals surface area contributed by atoms with Crippen molar-refractivity contribution in [3.05, 3.63) is 59.7 Å². The molecule has 0 heterocycles. The number of fused-ring (bicyclic) bond motifs is 3. The van der Waals surface area contributed by atoms with Crippen LogP contribution in [0.15, 0.2) is 48.5 Å². The van der Waals surface area contributed by atoms with E-state index in [1.165, 1.54) is 22.3 Å². The fourth-order valence-electron chi connectivity index (χ4n) is 3.33. The molecule has 1 atom stereocenters. The second kappa shape index (κ2) is 4.24. The molecule has 0 bridgehead atoms. The van der Waals surface area contributed by atoms with Crippen molar-refractivity contribution in [1.29, 1.82) is 0 Å². The van der Waals surface area contributed by atoms with Gasteiger partial charge in [0.1, 0.15) is 0 Å². The first-order chi connectivity index (χ1) is 8.63. The number of hydrogen-bond acceptors (Lipinski definition) is 0. The van der Waals surface area contributed by atoms with Gasteiger partial charge >= 0.3 is 0 Å². The molecule has 92 valence electrons. The Morgan fingerprint density at radius 3 is 1.83 bits per heavy atom. The maximum absolute atomic E-state index is 3.72. The molecule has 0 radical (unpaired) electrons. The molecule has 0 fully saturated rings. The number of alkyl halides is 1. The zero-order valence-corrected chi connectivity index (χ0v) is 12.4. The number of halogens is 1. The minimum Gasteiger partial charge on any atom is -0.0893 e. The summed E-state index contributed by atoms with van der Waals surface area (Å²) < 4.78 is 0. The lowest BCUT2D eigenvalue weighted by molar-refractivity contribution is 0.535. The topological polar surface area (TPSA) is 0 Å². The predicted octanol–water partition coefficient (Wildman–Crippen LogP) is 5.15. The molecule has 0 aromatic heterocycles. The van der Waals surface area contributed by atoms with Gasteiger partial charge in [-0.25, -0.2) is 0 Å². The Bertz CT molecular complexity index is 538. The van der Waals surface area contributed by atoms with E-state index in [1.54, 1.807) is 0 Å². The highest BCUT2D eigenvalue weighted by Gasteiger charge is 2.39. The van der Waals surface area contributed by atoms with Crippen molar-refractivity contribution in [3.8, 4) is 11.1 Å². The van der Waals surface area contributed by atoms with Crippen LogP contribution in [0.25, 0.3) is 11.1 Å². The van der Waals surface area contributed by atoms with Crippen molar-refractivity contribution in [2.75, 3.05) is 0 Å². The van der Waals surface area contributed by atoms with Crippen molar-refractivity contribution in [3.63, 3.8) is 0 Å². The van der Waals surface area contributed by atoms with Crippen LogP contribution < -0.4 is 0 Å². The summed E-state index contributed by atoms with van der Waals surface area (Å²) in [4.78, 5) is 0.515. The SMILES string of the molecule is C[C@@H](Br)CC1(C)c2ccccc2-c2ccccc21. The third-order valence-electron chi connectivity index (χ3n) is 4.02. The normalized spacial score (nSPS) is 17.1. The molecule has 2 aromatic rings. The molecule has 0 aliphatic heterocycles. The zero-order valence-electron chi connectivity index (χ0n) is 10.8. The fraction of sp³-hybridized carbons (Fsp3) is 0.294. The van der Waals surface area contributed by atoms with Crippen molar-refractivity contribution in [1.82, 2.24) is 0 Å². The Labute approximate surface area is 117 Å². The van der Waals surface area contributed by atoms with Gasteiger partial charge in [-0.15, -0.1) is 0 Å². The highest BCUT2D eigenvalue weighted by Crippen LogP contribution is 2.51. The molecule has 18 heavy (non-hydrogen) atoms. The standard InChI is InChI=1S/C17H17Br/c1-12(18)11-17(2)15-9-5-3-7-13(15)14-8-4-6-10-16(14)17/h3-10,12H,11H2,1-2H3/t12-/m1/s1. The van der Waals surface area contributed by atoms with Crippen molar-refractivity contribution >= 4 is 15.9 Å². The van der Waals surface area contributed by atoms with E-state index in [4.69, 9.17) is 0 Å². The van der Waals surface area contributed by atoms with E-state index in [0.717, 1.165) is 6.42 Å². The van der Waals surface area contributed by atoms with Gasteiger partial charge in [-0.1, -0.05) is 78.3 Å². The molecule has 0 amide bonds. The molecule has 0 spiro atoms. The summed E-state index contributed by atoms with van der Waals surface area (Å²) in [6, 6.07) is 17.6. The molecule has 1 aliphatic carbocycles.